The lowest BCUT2D eigenvalue weighted by atomic mass is 9.99. The highest BCUT2D eigenvalue weighted by molar-refractivity contribution is 7.89. The lowest BCUT2D eigenvalue weighted by molar-refractivity contribution is -0.122. The first-order valence-corrected chi connectivity index (χ1v) is 7.62. The van der Waals surface area contributed by atoms with E-state index in [0.717, 1.165) is 4.31 Å². The molecular formula is C12H13F3N2O3S. The summed E-state index contributed by atoms with van der Waals surface area (Å²) in [5.41, 5.74) is 5.14. The van der Waals surface area contributed by atoms with Crippen molar-refractivity contribution in [2.45, 2.75) is 17.7 Å². The summed E-state index contributed by atoms with van der Waals surface area (Å²) in [5.74, 6) is -6.42. The Morgan fingerprint density at radius 2 is 1.90 bits per heavy atom. The van der Waals surface area contributed by atoms with Crippen molar-refractivity contribution in [2.75, 3.05) is 13.1 Å². The van der Waals surface area contributed by atoms with E-state index in [9.17, 15) is 26.4 Å². The highest BCUT2D eigenvalue weighted by atomic mass is 32.2. The molecule has 0 spiro atoms. The molecule has 1 aromatic rings. The molecule has 0 radical (unpaired) electrons. The van der Waals surface area contributed by atoms with Gasteiger partial charge in [0.1, 0.15) is 4.90 Å². The standard InChI is InChI=1S/C12H13F3N2O3S/c13-8-3-4-9(11(15)10(8)14)21(19,20)17-5-1-2-7(6-17)12(16)18/h3-4,7H,1-2,5-6H2,(H2,16,18)/t7-/m0/s1. The third-order valence-electron chi connectivity index (χ3n) is 3.40. The molecule has 1 aromatic carbocycles. The summed E-state index contributed by atoms with van der Waals surface area (Å²) < 4.78 is 65.1. The second kappa shape index (κ2) is 5.64. The first-order valence-electron chi connectivity index (χ1n) is 6.18. The summed E-state index contributed by atoms with van der Waals surface area (Å²) in [7, 11) is -4.35. The Hall–Kier alpha value is -1.61. The number of hydrogen-bond donors (Lipinski definition) is 1. The molecule has 0 bridgehead atoms. The Morgan fingerprint density at radius 3 is 2.52 bits per heavy atom. The number of primary amides is 1. The molecule has 0 saturated carbocycles. The van der Waals surface area contributed by atoms with Gasteiger partial charge in [-0.05, 0) is 25.0 Å². The van der Waals surface area contributed by atoms with Crippen LogP contribution in [-0.2, 0) is 14.8 Å². The minimum Gasteiger partial charge on any atom is -0.369 e. The number of amides is 1. The van der Waals surface area contributed by atoms with E-state index in [1.54, 1.807) is 0 Å². The van der Waals surface area contributed by atoms with Crippen molar-refractivity contribution in [1.82, 2.24) is 4.31 Å². The maximum absolute atomic E-state index is 13.7. The number of benzene rings is 1. The van der Waals surface area contributed by atoms with Gasteiger partial charge in [0.2, 0.25) is 15.9 Å². The van der Waals surface area contributed by atoms with E-state index in [2.05, 4.69) is 0 Å². The summed E-state index contributed by atoms with van der Waals surface area (Å²) in [5, 5.41) is 0. The number of piperidine rings is 1. The number of nitrogens with two attached hydrogens (primary N) is 1. The van der Waals surface area contributed by atoms with Crippen LogP contribution < -0.4 is 5.73 Å². The van der Waals surface area contributed by atoms with Crippen LogP contribution >= 0.6 is 0 Å². The quantitative estimate of drug-likeness (QED) is 0.843. The molecule has 5 nitrogen and oxygen atoms in total. The maximum atomic E-state index is 13.7. The summed E-state index contributed by atoms with van der Waals surface area (Å²) in [6.45, 7) is -0.138. The van der Waals surface area contributed by atoms with Crippen LogP contribution in [0.2, 0.25) is 0 Å². The van der Waals surface area contributed by atoms with E-state index in [0.29, 0.717) is 25.0 Å². The van der Waals surface area contributed by atoms with Gasteiger partial charge in [0, 0.05) is 13.1 Å². The van der Waals surface area contributed by atoms with Gasteiger partial charge in [-0.1, -0.05) is 0 Å². The molecule has 9 heteroatoms. The van der Waals surface area contributed by atoms with E-state index in [1.807, 2.05) is 0 Å². The van der Waals surface area contributed by atoms with Gasteiger partial charge in [-0.25, -0.2) is 21.6 Å². The Balaban J connectivity index is 2.38. The predicted octanol–water partition coefficient (Wildman–Crippen LogP) is 0.990. The molecule has 21 heavy (non-hydrogen) atoms. The molecule has 1 aliphatic heterocycles. The molecule has 0 aromatic heterocycles. The molecular weight excluding hydrogens is 309 g/mol. The van der Waals surface area contributed by atoms with E-state index >= 15 is 0 Å². The summed E-state index contributed by atoms with van der Waals surface area (Å²) in [6.07, 6.45) is 0.805. The van der Waals surface area contributed by atoms with Gasteiger partial charge in [-0.15, -0.1) is 0 Å². The zero-order valence-corrected chi connectivity index (χ0v) is 11.7. The van der Waals surface area contributed by atoms with Gasteiger partial charge < -0.3 is 5.73 Å². The van der Waals surface area contributed by atoms with Gasteiger partial charge in [-0.3, -0.25) is 4.79 Å². The molecule has 1 aliphatic rings. The van der Waals surface area contributed by atoms with Gasteiger partial charge in [0.25, 0.3) is 0 Å². The van der Waals surface area contributed by atoms with Gasteiger partial charge in [0.05, 0.1) is 5.92 Å². The molecule has 116 valence electrons. The number of carbonyl (C=O) groups excluding carboxylic acids is 1. The second-order valence-electron chi connectivity index (χ2n) is 4.78. The smallest absolute Gasteiger partial charge is 0.246 e. The SMILES string of the molecule is NC(=O)[C@H]1CCCN(S(=O)(=O)c2ccc(F)c(F)c2F)C1. The fourth-order valence-electron chi connectivity index (χ4n) is 2.24. The monoisotopic (exact) mass is 322 g/mol. The van der Waals surface area contributed by atoms with Crippen LogP contribution in [0.1, 0.15) is 12.8 Å². The molecule has 1 atom stereocenters. The molecule has 2 rings (SSSR count). The van der Waals surface area contributed by atoms with Crippen LogP contribution in [0.3, 0.4) is 0 Å². The minimum atomic E-state index is -4.35. The lowest BCUT2D eigenvalue weighted by Crippen LogP contribution is -2.44. The van der Waals surface area contributed by atoms with Crippen molar-refractivity contribution >= 4 is 15.9 Å². The molecule has 1 amide bonds. The van der Waals surface area contributed by atoms with E-state index < -0.39 is 44.2 Å². The largest absolute Gasteiger partial charge is 0.369 e. The van der Waals surface area contributed by atoms with Crippen LogP contribution in [0.5, 0.6) is 0 Å². The fourth-order valence-corrected chi connectivity index (χ4v) is 3.82. The zero-order chi connectivity index (χ0) is 15.8. The Kier molecular flexibility index (Phi) is 4.24. The molecule has 0 aliphatic carbocycles. The maximum Gasteiger partial charge on any atom is 0.246 e. The van der Waals surface area contributed by atoms with E-state index in [4.69, 9.17) is 5.73 Å². The van der Waals surface area contributed by atoms with Crippen LogP contribution in [0.4, 0.5) is 13.2 Å². The first-order chi connectivity index (χ1) is 9.75. The van der Waals surface area contributed by atoms with Crippen molar-refractivity contribution in [2.24, 2.45) is 11.7 Å². The van der Waals surface area contributed by atoms with Crippen molar-refractivity contribution in [3.8, 4) is 0 Å². The van der Waals surface area contributed by atoms with Crippen LogP contribution in [0.15, 0.2) is 17.0 Å². The van der Waals surface area contributed by atoms with E-state index in [-0.39, 0.29) is 13.1 Å². The third kappa shape index (κ3) is 2.88. The van der Waals surface area contributed by atoms with Crippen LogP contribution in [-0.4, -0.2) is 31.7 Å². The van der Waals surface area contributed by atoms with Gasteiger partial charge in [0.15, 0.2) is 17.5 Å². The second-order valence-corrected chi connectivity index (χ2v) is 6.68. The lowest BCUT2D eigenvalue weighted by Gasteiger charge is -2.30. The van der Waals surface area contributed by atoms with Crippen molar-refractivity contribution < 1.29 is 26.4 Å². The number of halogens is 3. The molecule has 2 N–H and O–H groups in total. The number of carbonyl (C=O) groups is 1. The highest BCUT2D eigenvalue weighted by Gasteiger charge is 2.35. The number of nitrogens with zero attached hydrogens (tertiary/aromatic N) is 1. The highest BCUT2D eigenvalue weighted by Crippen LogP contribution is 2.27. The zero-order valence-electron chi connectivity index (χ0n) is 10.9. The molecule has 0 unspecified atom stereocenters. The Morgan fingerprint density at radius 1 is 1.24 bits per heavy atom. The summed E-state index contributed by atoms with van der Waals surface area (Å²) in [6, 6.07) is 1.21. The van der Waals surface area contributed by atoms with Crippen molar-refractivity contribution in [3.63, 3.8) is 0 Å². The van der Waals surface area contributed by atoms with Crippen molar-refractivity contribution in [3.05, 3.63) is 29.6 Å². The minimum absolute atomic E-state index is 0.0601. The predicted molar refractivity (Wildman–Crippen MR) is 67.0 cm³/mol. The summed E-state index contributed by atoms with van der Waals surface area (Å²) in [4.78, 5) is 10.2. The molecule has 1 fully saturated rings. The van der Waals surface area contributed by atoms with E-state index in [1.165, 1.54) is 0 Å². The molecule has 1 heterocycles. The van der Waals surface area contributed by atoms with Gasteiger partial charge in [-0.2, -0.15) is 4.31 Å². The fraction of sp³-hybridized carbons (Fsp3) is 0.417. The average Bonchev–Trinajstić information content (AvgIpc) is 2.44. The Labute approximate surface area is 119 Å². The van der Waals surface area contributed by atoms with Crippen molar-refractivity contribution in [1.29, 1.82) is 0 Å². The van der Waals surface area contributed by atoms with Crippen LogP contribution in [0, 0.1) is 23.4 Å². The normalized spacial score (nSPS) is 20.4. The topological polar surface area (TPSA) is 80.5 Å². The van der Waals surface area contributed by atoms with Gasteiger partial charge >= 0.3 is 0 Å². The number of hydrogen-bond acceptors (Lipinski definition) is 3. The third-order valence-corrected chi connectivity index (χ3v) is 5.29. The average molecular weight is 322 g/mol. The summed E-state index contributed by atoms with van der Waals surface area (Å²) >= 11 is 0. The number of rotatable bonds is 3. The Bertz CT molecular complexity index is 679. The first kappa shape index (κ1) is 15.8. The van der Waals surface area contributed by atoms with Crippen LogP contribution in [0.25, 0.3) is 0 Å². The molecule has 1 saturated heterocycles. The number of sulfonamides is 1.